The van der Waals surface area contributed by atoms with E-state index in [0.29, 0.717) is 18.1 Å². The molecular weight excluding hydrogens is 382 g/mol. The van der Waals surface area contributed by atoms with Crippen molar-refractivity contribution in [3.8, 4) is 17.0 Å². The van der Waals surface area contributed by atoms with E-state index < -0.39 is 17.9 Å². The van der Waals surface area contributed by atoms with Crippen LogP contribution in [0, 0.1) is 0 Å². The lowest BCUT2D eigenvalue weighted by atomic mass is 10.1. The van der Waals surface area contributed by atoms with E-state index in [1.807, 2.05) is 55.5 Å². The minimum Gasteiger partial charge on any atom is -0.493 e. The van der Waals surface area contributed by atoms with E-state index in [-0.39, 0.29) is 5.69 Å². The number of amides is 1. The number of H-pyrrole nitrogens is 1. The molecule has 1 atom stereocenters. The maximum atomic E-state index is 12.8. The molecule has 30 heavy (non-hydrogen) atoms. The Labute approximate surface area is 172 Å². The van der Waals surface area contributed by atoms with Gasteiger partial charge in [0.2, 0.25) is 0 Å². The zero-order chi connectivity index (χ0) is 21.3. The molecule has 0 spiro atoms. The number of aromatic amines is 1. The molecule has 4 rings (SSSR count). The van der Waals surface area contributed by atoms with E-state index in [2.05, 4.69) is 15.3 Å². The molecule has 0 aliphatic rings. The Bertz CT molecular complexity index is 1260. The van der Waals surface area contributed by atoms with Crippen LogP contribution < -0.4 is 10.1 Å². The lowest BCUT2D eigenvalue weighted by Gasteiger charge is -2.13. The molecule has 2 aromatic heterocycles. The van der Waals surface area contributed by atoms with Gasteiger partial charge in [0, 0.05) is 21.9 Å². The number of nitrogens with one attached hydrogen (secondary N) is 2. The van der Waals surface area contributed by atoms with E-state index in [4.69, 9.17) is 9.84 Å². The number of hydrogen-bond acceptors (Lipinski definition) is 4. The fourth-order valence-corrected chi connectivity index (χ4v) is 3.43. The number of ether oxygens (including phenoxy) is 1. The van der Waals surface area contributed by atoms with Crippen molar-refractivity contribution in [2.75, 3.05) is 6.61 Å². The van der Waals surface area contributed by atoms with Gasteiger partial charge in [-0.05, 0) is 38.1 Å². The Morgan fingerprint density at radius 3 is 2.63 bits per heavy atom. The van der Waals surface area contributed by atoms with Gasteiger partial charge in [0.25, 0.3) is 5.91 Å². The van der Waals surface area contributed by atoms with Gasteiger partial charge in [0.1, 0.15) is 17.5 Å². The maximum absolute atomic E-state index is 12.8. The average molecular weight is 403 g/mol. The smallest absolute Gasteiger partial charge is 0.325 e. The number of fused-ring (bicyclic) bond motifs is 3. The Morgan fingerprint density at radius 1 is 1.13 bits per heavy atom. The van der Waals surface area contributed by atoms with Crippen LogP contribution in [-0.4, -0.2) is 39.6 Å². The van der Waals surface area contributed by atoms with Crippen LogP contribution in [0.3, 0.4) is 0 Å². The molecule has 0 fully saturated rings. The number of carboxylic acids is 1. The van der Waals surface area contributed by atoms with Crippen molar-refractivity contribution in [3.05, 3.63) is 60.3 Å². The highest BCUT2D eigenvalue weighted by Crippen LogP contribution is 2.36. The number of nitrogens with zero attached hydrogens (tertiary/aromatic N) is 1. The third-order valence-electron chi connectivity index (χ3n) is 4.89. The second-order valence-corrected chi connectivity index (χ2v) is 6.91. The summed E-state index contributed by atoms with van der Waals surface area (Å²) < 4.78 is 5.78. The highest BCUT2D eigenvalue weighted by molar-refractivity contribution is 6.13. The molecular formula is C23H21N3O4. The van der Waals surface area contributed by atoms with E-state index >= 15 is 0 Å². The predicted octanol–water partition coefficient (Wildman–Crippen LogP) is 3.98. The number of pyridine rings is 1. The highest BCUT2D eigenvalue weighted by Gasteiger charge is 2.21. The molecule has 0 saturated carbocycles. The summed E-state index contributed by atoms with van der Waals surface area (Å²) in [5.41, 5.74) is 3.16. The van der Waals surface area contributed by atoms with E-state index in [1.54, 1.807) is 6.07 Å². The van der Waals surface area contributed by atoms with Gasteiger partial charge < -0.3 is 20.1 Å². The van der Waals surface area contributed by atoms with Crippen molar-refractivity contribution in [2.24, 2.45) is 0 Å². The molecule has 0 bridgehead atoms. The first-order valence-electron chi connectivity index (χ1n) is 9.67. The number of benzene rings is 2. The fraction of sp³-hybridized carbons (Fsp3) is 0.174. The van der Waals surface area contributed by atoms with Crippen molar-refractivity contribution in [1.82, 2.24) is 15.3 Å². The number of carboxylic acid groups (broad SMARTS) is 1. The van der Waals surface area contributed by atoms with Gasteiger partial charge in [-0.3, -0.25) is 9.59 Å². The monoisotopic (exact) mass is 403 g/mol. The summed E-state index contributed by atoms with van der Waals surface area (Å²) in [5.74, 6) is -1.01. The van der Waals surface area contributed by atoms with Gasteiger partial charge in [-0.2, -0.15) is 0 Å². The van der Waals surface area contributed by atoms with Crippen LogP contribution in [0.5, 0.6) is 5.75 Å². The highest BCUT2D eigenvalue weighted by atomic mass is 16.5. The van der Waals surface area contributed by atoms with Gasteiger partial charge in [0.15, 0.2) is 0 Å². The molecule has 0 aliphatic heterocycles. The Hall–Kier alpha value is -3.87. The zero-order valence-electron chi connectivity index (χ0n) is 16.6. The summed E-state index contributed by atoms with van der Waals surface area (Å²) in [7, 11) is 0. The SMILES string of the molecule is CCOc1ccccc1-c1nc(C(=O)NC(C)C(=O)O)cc2c1[nH]c1ccccc12. The topological polar surface area (TPSA) is 104 Å². The molecule has 0 saturated heterocycles. The van der Waals surface area contributed by atoms with Crippen LogP contribution in [0.2, 0.25) is 0 Å². The molecule has 2 aromatic carbocycles. The molecule has 152 valence electrons. The summed E-state index contributed by atoms with van der Waals surface area (Å²) in [5, 5.41) is 13.4. The summed E-state index contributed by atoms with van der Waals surface area (Å²) >= 11 is 0. The molecule has 1 unspecified atom stereocenters. The first-order valence-corrected chi connectivity index (χ1v) is 9.67. The third-order valence-corrected chi connectivity index (χ3v) is 4.89. The number of carbonyl (C=O) groups excluding carboxylic acids is 1. The summed E-state index contributed by atoms with van der Waals surface area (Å²) in [6.45, 7) is 3.80. The number of para-hydroxylation sites is 2. The van der Waals surface area contributed by atoms with Crippen LogP contribution >= 0.6 is 0 Å². The lowest BCUT2D eigenvalue weighted by Crippen LogP contribution is -2.38. The van der Waals surface area contributed by atoms with Gasteiger partial charge in [-0.15, -0.1) is 0 Å². The maximum Gasteiger partial charge on any atom is 0.325 e. The van der Waals surface area contributed by atoms with Crippen molar-refractivity contribution in [3.63, 3.8) is 0 Å². The van der Waals surface area contributed by atoms with Gasteiger partial charge in [0.05, 0.1) is 17.8 Å². The minimum atomic E-state index is -1.11. The zero-order valence-corrected chi connectivity index (χ0v) is 16.6. The number of rotatable bonds is 6. The molecule has 0 aliphatic carbocycles. The standard InChI is InChI=1S/C23H21N3O4/c1-3-30-19-11-7-5-9-15(19)20-21-16(14-8-4-6-10-17(14)25-21)12-18(26-20)22(27)24-13(2)23(28)29/h4-13,25H,3H2,1-2H3,(H,24,27)(H,28,29). The van der Waals surface area contributed by atoms with Gasteiger partial charge in [-0.25, -0.2) is 4.98 Å². The van der Waals surface area contributed by atoms with Crippen LogP contribution in [0.4, 0.5) is 0 Å². The molecule has 3 N–H and O–H groups in total. The van der Waals surface area contributed by atoms with Crippen LogP contribution in [0.1, 0.15) is 24.3 Å². The van der Waals surface area contributed by atoms with E-state index in [1.165, 1.54) is 6.92 Å². The quantitative estimate of drug-likeness (QED) is 0.452. The lowest BCUT2D eigenvalue weighted by molar-refractivity contribution is -0.138. The molecule has 4 aromatic rings. The Morgan fingerprint density at radius 2 is 1.87 bits per heavy atom. The number of carbonyl (C=O) groups is 2. The molecule has 2 heterocycles. The van der Waals surface area contributed by atoms with Gasteiger partial charge >= 0.3 is 5.97 Å². The normalized spacial score (nSPS) is 12.1. The van der Waals surface area contributed by atoms with Crippen LogP contribution in [-0.2, 0) is 4.79 Å². The van der Waals surface area contributed by atoms with Crippen LogP contribution in [0.25, 0.3) is 33.1 Å². The molecule has 7 heteroatoms. The van der Waals surface area contributed by atoms with Crippen molar-refractivity contribution in [2.45, 2.75) is 19.9 Å². The Kier molecular flexibility index (Phi) is 5.10. The second kappa shape index (κ2) is 7.87. The van der Waals surface area contributed by atoms with E-state index in [9.17, 15) is 9.59 Å². The molecule has 0 radical (unpaired) electrons. The second-order valence-electron chi connectivity index (χ2n) is 6.91. The number of aliphatic carboxylic acids is 1. The first-order chi connectivity index (χ1) is 14.5. The van der Waals surface area contributed by atoms with Crippen LogP contribution in [0.15, 0.2) is 54.6 Å². The minimum absolute atomic E-state index is 0.140. The Balaban J connectivity index is 1.96. The summed E-state index contributed by atoms with van der Waals surface area (Å²) in [4.78, 5) is 31.9. The average Bonchev–Trinajstić information content (AvgIpc) is 3.12. The number of aromatic nitrogens is 2. The van der Waals surface area contributed by atoms with E-state index in [0.717, 1.165) is 27.4 Å². The van der Waals surface area contributed by atoms with Crippen molar-refractivity contribution < 1.29 is 19.4 Å². The van der Waals surface area contributed by atoms with Gasteiger partial charge in [-0.1, -0.05) is 30.3 Å². The largest absolute Gasteiger partial charge is 0.493 e. The number of hydrogen-bond donors (Lipinski definition) is 3. The predicted molar refractivity (Wildman–Crippen MR) is 115 cm³/mol. The van der Waals surface area contributed by atoms with Crippen molar-refractivity contribution >= 4 is 33.7 Å². The summed E-state index contributed by atoms with van der Waals surface area (Å²) in [6, 6.07) is 15.9. The third kappa shape index (κ3) is 3.45. The first kappa shape index (κ1) is 19.4. The molecule has 7 nitrogen and oxygen atoms in total. The molecule has 1 amide bonds. The fourth-order valence-electron chi connectivity index (χ4n) is 3.43. The summed E-state index contributed by atoms with van der Waals surface area (Å²) in [6.07, 6.45) is 0. The van der Waals surface area contributed by atoms with Crippen molar-refractivity contribution in [1.29, 1.82) is 0 Å².